The van der Waals surface area contributed by atoms with E-state index >= 15 is 0 Å². The Morgan fingerprint density at radius 3 is 2.37 bits per heavy atom. The molecule has 5 heteroatoms. The number of aliphatic hydroxyl groups excluding tert-OH is 2. The number of Topliss-reactive ketones (excluding diaryl/α,β-unsaturated/α-hetero) is 1. The molecule has 0 amide bonds. The molecule has 1 aliphatic carbocycles. The number of carbonyl (C=O) groups is 2. The zero-order valence-corrected chi connectivity index (χ0v) is 16.3. The van der Waals surface area contributed by atoms with E-state index in [0.717, 1.165) is 31.7 Å². The molecule has 0 aromatic heterocycles. The van der Waals surface area contributed by atoms with Gasteiger partial charge in [0, 0.05) is 19.3 Å². The summed E-state index contributed by atoms with van der Waals surface area (Å²) in [6, 6.07) is 9.81. The van der Waals surface area contributed by atoms with Crippen molar-refractivity contribution in [3.05, 3.63) is 47.7 Å². The molecule has 1 saturated carbocycles. The maximum Gasteiger partial charge on any atom is 0.300 e. The maximum absolute atomic E-state index is 12.2. The molecule has 0 bridgehead atoms. The third-order valence-corrected chi connectivity index (χ3v) is 4.72. The van der Waals surface area contributed by atoms with Gasteiger partial charge in [0.1, 0.15) is 5.78 Å². The zero-order chi connectivity index (χ0) is 20.2. The number of ketones is 1. The highest BCUT2D eigenvalue weighted by molar-refractivity contribution is 5.85. The van der Waals surface area contributed by atoms with Crippen LogP contribution in [0.5, 0.6) is 0 Å². The van der Waals surface area contributed by atoms with Crippen LogP contribution in [0.15, 0.2) is 42.2 Å². The fourth-order valence-electron chi connectivity index (χ4n) is 3.42. The van der Waals surface area contributed by atoms with Gasteiger partial charge in [0.2, 0.25) is 0 Å². The lowest BCUT2D eigenvalue weighted by Gasteiger charge is -2.20. The first kappa shape index (κ1) is 22.9. The highest BCUT2D eigenvalue weighted by atomic mass is 16.4. The molecule has 1 aliphatic rings. The number of carboxylic acids is 1. The lowest BCUT2D eigenvalue weighted by molar-refractivity contribution is -0.134. The molecule has 27 heavy (non-hydrogen) atoms. The van der Waals surface area contributed by atoms with Crippen molar-refractivity contribution in [2.45, 2.75) is 64.9 Å². The number of hydrogen-bond acceptors (Lipinski definition) is 4. The Hall–Kier alpha value is -2.14. The van der Waals surface area contributed by atoms with Crippen LogP contribution in [0.3, 0.4) is 0 Å². The van der Waals surface area contributed by atoms with E-state index < -0.39 is 18.0 Å². The highest BCUT2D eigenvalue weighted by Gasteiger charge is 2.43. The summed E-state index contributed by atoms with van der Waals surface area (Å²) in [5, 5.41) is 28.0. The molecule has 1 aromatic carbocycles. The van der Waals surface area contributed by atoms with E-state index in [2.05, 4.69) is 6.92 Å². The van der Waals surface area contributed by atoms with E-state index in [1.807, 2.05) is 30.3 Å². The largest absolute Gasteiger partial charge is 0.512 e. The maximum atomic E-state index is 12.2. The van der Waals surface area contributed by atoms with E-state index in [0.29, 0.717) is 6.42 Å². The zero-order valence-electron chi connectivity index (χ0n) is 16.3. The van der Waals surface area contributed by atoms with E-state index in [9.17, 15) is 15.0 Å². The summed E-state index contributed by atoms with van der Waals surface area (Å²) in [4.78, 5) is 21.2. The van der Waals surface area contributed by atoms with Gasteiger partial charge in [0.05, 0.1) is 17.8 Å². The number of aliphatic carboxylic acids is 1. The van der Waals surface area contributed by atoms with Crippen molar-refractivity contribution in [2.75, 3.05) is 0 Å². The summed E-state index contributed by atoms with van der Waals surface area (Å²) in [6.45, 7) is 3.25. The molecular weight excluding hydrogens is 344 g/mol. The van der Waals surface area contributed by atoms with Gasteiger partial charge in [-0.3, -0.25) is 9.59 Å². The van der Waals surface area contributed by atoms with Gasteiger partial charge in [-0.2, -0.15) is 0 Å². The van der Waals surface area contributed by atoms with Crippen molar-refractivity contribution in [1.82, 2.24) is 0 Å². The normalized spacial score (nSPS) is 22.3. The number of carboxylic acid groups (broad SMARTS) is 1. The molecule has 0 spiro atoms. The average Bonchev–Trinajstić information content (AvgIpc) is 2.88. The van der Waals surface area contributed by atoms with Crippen LogP contribution in [0, 0.1) is 11.8 Å². The molecule has 0 saturated heterocycles. The van der Waals surface area contributed by atoms with Gasteiger partial charge in [0.25, 0.3) is 5.97 Å². The summed E-state index contributed by atoms with van der Waals surface area (Å²) in [5.74, 6) is -1.36. The van der Waals surface area contributed by atoms with Crippen LogP contribution in [-0.4, -0.2) is 33.2 Å². The molecule has 1 fully saturated rings. The van der Waals surface area contributed by atoms with Gasteiger partial charge in [0.15, 0.2) is 0 Å². The lowest BCUT2D eigenvalue weighted by atomic mass is 9.86. The number of allylic oxidation sites excluding steroid dienone is 1. The molecule has 5 nitrogen and oxygen atoms in total. The van der Waals surface area contributed by atoms with Crippen LogP contribution in [0.4, 0.5) is 0 Å². The van der Waals surface area contributed by atoms with Gasteiger partial charge < -0.3 is 15.3 Å². The average molecular weight is 376 g/mol. The van der Waals surface area contributed by atoms with Crippen molar-refractivity contribution >= 4 is 11.8 Å². The second-order valence-corrected chi connectivity index (χ2v) is 7.06. The minimum atomic E-state index is -0.833. The fourth-order valence-corrected chi connectivity index (χ4v) is 3.42. The van der Waals surface area contributed by atoms with Crippen LogP contribution in [0.2, 0.25) is 0 Å². The highest BCUT2D eigenvalue weighted by Crippen LogP contribution is 2.36. The van der Waals surface area contributed by atoms with Gasteiger partial charge in [-0.25, -0.2) is 0 Å². The van der Waals surface area contributed by atoms with E-state index in [-0.39, 0.29) is 23.9 Å². The second-order valence-electron chi connectivity index (χ2n) is 7.06. The molecule has 0 unspecified atom stereocenters. The third kappa shape index (κ3) is 8.39. The SMILES string of the molecule is CC(=O)O.CCCCCCC=C(O)[C@H]1[C@H](O)CC(=O)[C@@H]1Cc1ccccc1. The molecule has 3 atom stereocenters. The van der Waals surface area contributed by atoms with Crippen LogP contribution in [0.25, 0.3) is 0 Å². The van der Waals surface area contributed by atoms with Crippen molar-refractivity contribution in [3.8, 4) is 0 Å². The van der Waals surface area contributed by atoms with E-state index in [1.54, 1.807) is 6.08 Å². The summed E-state index contributed by atoms with van der Waals surface area (Å²) in [6.07, 6.45) is 7.16. The Morgan fingerprint density at radius 1 is 1.15 bits per heavy atom. The summed E-state index contributed by atoms with van der Waals surface area (Å²) < 4.78 is 0. The Kier molecular flexibility index (Phi) is 10.4. The quantitative estimate of drug-likeness (QED) is 0.464. The summed E-state index contributed by atoms with van der Waals surface area (Å²) in [7, 11) is 0. The summed E-state index contributed by atoms with van der Waals surface area (Å²) in [5.41, 5.74) is 1.07. The lowest BCUT2D eigenvalue weighted by Crippen LogP contribution is -2.24. The Bertz CT molecular complexity index is 604. The van der Waals surface area contributed by atoms with Crippen molar-refractivity contribution in [1.29, 1.82) is 0 Å². The van der Waals surface area contributed by atoms with Crippen LogP contribution in [0.1, 0.15) is 57.9 Å². The Balaban J connectivity index is 0.000000828. The number of aliphatic hydroxyl groups is 2. The number of unbranched alkanes of at least 4 members (excludes halogenated alkanes) is 4. The second kappa shape index (κ2) is 12.3. The minimum Gasteiger partial charge on any atom is -0.512 e. The smallest absolute Gasteiger partial charge is 0.300 e. The minimum absolute atomic E-state index is 0.0530. The number of hydrogen-bond donors (Lipinski definition) is 3. The predicted molar refractivity (Wildman–Crippen MR) is 106 cm³/mol. The summed E-state index contributed by atoms with van der Waals surface area (Å²) >= 11 is 0. The van der Waals surface area contributed by atoms with Gasteiger partial charge in [-0.1, -0.05) is 56.5 Å². The number of carbonyl (C=O) groups excluding carboxylic acids is 1. The first-order valence-electron chi connectivity index (χ1n) is 9.70. The predicted octanol–water partition coefficient (Wildman–Crippen LogP) is 4.30. The molecule has 0 radical (unpaired) electrons. The van der Waals surface area contributed by atoms with Crippen molar-refractivity contribution < 1.29 is 24.9 Å². The molecule has 2 rings (SSSR count). The first-order chi connectivity index (χ1) is 12.9. The Morgan fingerprint density at radius 2 is 1.78 bits per heavy atom. The van der Waals surface area contributed by atoms with Gasteiger partial charge in [-0.05, 0) is 30.9 Å². The fraction of sp³-hybridized carbons (Fsp3) is 0.545. The molecular formula is C22H32O5. The molecule has 1 aromatic rings. The van der Waals surface area contributed by atoms with Crippen LogP contribution in [-0.2, 0) is 16.0 Å². The molecule has 150 valence electrons. The van der Waals surface area contributed by atoms with Gasteiger partial charge in [-0.15, -0.1) is 0 Å². The molecule has 3 N–H and O–H groups in total. The van der Waals surface area contributed by atoms with E-state index in [1.165, 1.54) is 12.8 Å². The third-order valence-electron chi connectivity index (χ3n) is 4.72. The van der Waals surface area contributed by atoms with Crippen LogP contribution < -0.4 is 0 Å². The number of rotatable bonds is 8. The Labute approximate surface area is 161 Å². The molecule has 0 aliphatic heterocycles. The van der Waals surface area contributed by atoms with Crippen LogP contribution >= 0.6 is 0 Å². The number of benzene rings is 1. The first-order valence-corrected chi connectivity index (χ1v) is 9.70. The van der Waals surface area contributed by atoms with Gasteiger partial charge >= 0.3 is 0 Å². The van der Waals surface area contributed by atoms with E-state index in [4.69, 9.17) is 9.90 Å². The van der Waals surface area contributed by atoms with Crippen molar-refractivity contribution in [2.24, 2.45) is 11.8 Å². The molecule has 0 heterocycles. The standard InChI is InChI=1S/C20H28O3.C2H4O2/c1-2-3-4-5-9-12-17(21)20-16(18(22)14-19(20)23)13-15-10-7-6-8-11-15;1-2(3)4/h6-8,10-12,16,19-21,23H,2-5,9,13-14H2,1H3;1H3,(H,3,4)/t16-,19+,20-;/m0./s1. The topological polar surface area (TPSA) is 94.8 Å². The monoisotopic (exact) mass is 376 g/mol. The van der Waals surface area contributed by atoms with Crippen molar-refractivity contribution in [3.63, 3.8) is 0 Å².